The van der Waals surface area contributed by atoms with Crippen LogP contribution in [0.2, 0.25) is 0 Å². The highest BCUT2D eigenvalue weighted by Crippen LogP contribution is 2.43. The molecule has 0 radical (unpaired) electrons. The van der Waals surface area contributed by atoms with Crippen LogP contribution in [0.25, 0.3) is 0 Å². The van der Waals surface area contributed by atoms with Gasteiger partial charge in [-0.3, -0.25) is 9.59 Å². The summed E-state index contributed by atoms with van der Waals surface area (Å²) in [5.41, 5.74) is 7.25. The number of esters is 1. The Labute approximate surface area is 155 Å². The summed E-state index contributed by atoms with van der Waals surface area (Å²) in [5, 5.41) is 0. The molecule has 2 fully saturated rings. The highest BCUT2D eigenvalue weighted by Gasteiger charge is 2.46. The zero-order valence-corrected chi connectivity index (χ0v) is 16.0. The molecule has 3 unspecified atom stereocenters. The number of primary amides is 1. The Kier molecular flexibility index (Phi) is 5.37. The molecule has 0 spiro atoms. The number of benzene rings is 1. The van der Waals surface area contributed by atoms with E-state index in [9.17, 15) is 9.59 Å². The van der Waals surface area contributed by atoms with Crippen LogP contribution >= 0.6 is 0 Å². The molecule has 1 heterocycles. The van der Waals surface area contributed by atoms with Crippen molar-refractivity contribution in [1.29, 1.82) is 0 Å². The van der Waals surface area contributed by atoms with Gasteiger partial charge in [0.2, 0.25) is 5.91 Å². The van der Waals surface area contributed by atoms with E-state index in [4.69, 9.17) is 10.5 Å². The summed E-state index contributed by atoms with van der Waals surface area (Å²) in [6.07, 6.45) is 1.99. The fraction of sp³-hybridized carbons (Fsp3) is 0.619. The average Bonchev–Trinajstić information content (AvgIpc) is 3.38. The van der Waals surface area contributed by atoms with Gasteiger partial charge in [0, 0.05) is 18.7 Å². The van der Waals surface area contributed by atoms with Gasteiger partial charge in [0.05, 0.1) is 12.5 Å². The maximum atomic E-state index is 11.8. The summed E-state index contributed by atoms with van der Waals surface area (Å²) in [7, 11) is 0. The van der Waals surface area contributed by atoms with Gasteiger partial charge in [-0.25, -0.2) is 0 Å². The predicted octanol–water partition coefficient (Wildman–Crippen LogP) is 2.58. The molecule has 0 bridgehead atoms. The van der Waals surface area contributed by atoms with Gasteiger partial charge >= 0.3 is 5.97 Å². The van der Waals surface area contributed by atoms with E-state index in [2.05, 4.69) is 24.8 Å². The minimum absolute atomic E-state index is 0.0318. The maximum Gasteiger partial charge on any atom is 0.309 e. The summed E-state index contributed by atoms with van der Waals surface area (Å²) in [5.74, 6) is 0.601. The third-order valence-electron chi connectivity index (χ3n) is 6.38. The first kappa shape index (κ1) is 18.9. The quantitative estimate of drug-likeness (QED) is 0.794. The minimum Gasteiger partial charge on any atom is -0.466 e. The summed E-state index contributed by atoms with van der Waals surface area (Å²) in [6, 6.07) is 7.76. The summed E-state index contributed by atoms with van der Waals surface area (Å²) >= 11 is 0. The molecule has 5 heteroatoms. The fourth-order valence-corrected chi connectivity index (χ4v) is 4.26. The van der Waals surface area contributed by atoms with E-state index < -0.39 is 0 Å². The lowest BCUT2D eigenvalue weighted by Gasteiger charge is -2.45. The largest absolute Gasteiger partial charge is 0.466 e. The third-order valence-corrected chi connectivity index (χ3v) is 6.38. The monoisotopic (exact) mass is 358 g/mol. The first-order valence-electron chi connectivity index (χ1n) is 9.64. The maximum absolute atomic E-state index is 11.8. The molecule has 142 valence electrons. The van der Waals surface area contributed by atoms with Crippen molar-refractivity contribution in [3.8, 4) is 0 Å². The second kappa shape index (κ2) is 7.39. The van der Waals surface area contributed by atoms with Crippen molar-refractivity contribution in [2.75, 3.05) is 26.2 Å². The normalized spacial score (nSPS) is 31.4. The van der Waals surface area contributed by atoms with Crippen LogP contribution in [-0.2, 0) is 14.9 Å². The summed E-state index contributed by atoms with van der Waals surface area (Å²) < 4.78 is 5.13. The molecule has 1 aromatic carbocycles. The van der Waals surface area contributed by atoms with Crippen LogP contribution in [0.1, 0.15) is 49.5 Å². The molecule has 1 amide bonds. The van der Waals surface area contributed by atoms with Crippen LogP contribution < -0.4 is 5.73 Å². The number of carbonyl (C=O) groups is 2. The van der Waals surface area contributed by atoms with Crippen molar-refractivity contribution >= 4 is 11.9 Å². The Morgan fingerprint density at radius 3 is 2.81 bits per heavy atom. The number of hydrogen-bond donors (Lipinski definition) is 1. The Morgan fingerprint density at radius 1 is 1.38 bits per heavy atom. The number of amides is 1. The SMILES string of the molecule is CCOC(=O)C1CC1CN1CC[C@@](C)(c2cccc(C(N)=O)c2)C(C)C1. The van der Waals surface area contributed by atoms with E-state index in [1.54, 1.807) is 6.07 Å². The molecule has 5 nitrogen and oxygen atoms in total. The lowest BCUT2D eigenvalue weighted by atomic mass is 9.68. The second-order valence-corrected chi connectivity index (χ2v) is 8.13. The first-order valence-corrected chi connectivity index (χ1v) is 9.64. The third kappa shape index (κ3) is 3.78. The van der Waals surface area contributed by atoms with Gasteiger partial charge in [-0.1, -0.05) is 26.0 Å². The van der Waals surface area contributed by atoms with Crippen molar-refractivity contribution in [2.45, 2.75) is 39.0 Å². The lowest BCUT2D eigenvalue weighted by Crippen LogP contribution is -2.48. The fourth-order valence-electron chi connectivity index (χ4n) is 4.26. The molecule has 0 aromatic heterocycles. The number of hydrogen-bond acceptors (Lipinski definition) is 4. The van der Waals surface area contributed by atoms with Crippen molar-refractivity contribution in [3.63, 3.8) is 0 Å². The van der Waals surface area contributed by atoms with E-state index in [1.807, 2.05) is 19.1 Å². The van der Waals surface area contributed by atoms with Gasteiger partial charge in [-0.15, -0.1) is 0 Å². The second-order valence-electron chi connectivity index (χ2n) is 8.13. The number of carbonyl (C=O) groups excluding carboxylic acids is 2. The van der Waals surface area contributed by atoms with Crippen LogP contribution in [-0.4, -0.2) is 43.0 Å². The molecule has 1 aliphatic carbocycles. The van der Waals surface area contributed by atoms with E-state index in [1.165, 1.54) is 5.56 Å². The van der Waals surface area contributed by atoms with Gasteiger partial charge < -0.3 is 15.4 Å². The molecule has 4 atom stereocenters. The van der Waals surface area contributed by atoms with E-state index in [0.29, 0.717) is 24.0 Å². The van der Waals surface area contributed by atoms with Crippen molar-refractivity contribution < 1.29 is 14.3 Å². The highest BCUT2D eigenvalue weighted by atomic mass is 16.5. The molecular weight excluding hydrogens is 328 g/mol. The van der Waals surface area contributed by atoms with E-state index >= 15 is 0 Å². The van der Waals surface area contributed by atoms with Crippen molar-refractivity contribution in [2.24, 2.45) is 23.5 Å². The molecule has 2 N–H and O–H groups in total. The molecule has 3 rings (SSSR count). The van der Waals surface area contributed by atoms with Crippen LogP contribution in [0.15, 0.2) is 24.3 Å². The van der Waals surface area contributed by atoms with Crippen LogP contribution in [0.4, 0.5) is 0 Å². The summed E-state index contributed by atoms with van der Waals surface area (Å²) in [4.78, 5) is 25.8. The van der Waals surface area contributed by atoms with Gasteiger partial charge in [0.15, 0.2) is 0 Å². The van der Waals surface area contributed by atoms with Gasteiger partial charge in [-0.05, 0) is 61.3 Å². The molecule has 1 saturated heterocycles. The Bertz CT molecular complexity index is 690. The zero-order valence-electron chi connectivity index (χ0n) is 16.0. The zero-order chi connectivity index (χ0) is 18.9. The Hall–Kier alpha value is -1.88. The Morgan fingerprint density at radius 2 is 2.15 bits per heavy atom. The van der Waals surface area contributed by atoms with Crippen LogP contribution in [0.5, 0.6) is 0 Å². The van der Waals surface area contributed by atoms with Crippen molar-refractivity contribution in [1.82, 2.24) is 4.90 Å². The molecule has 2 aliphatic rings. The van der Waals surface area contributed by atoms with Crippen LogP contribution in [0, 0.1) is 17.8 Å². The first-order chi connectivity index (χ1) is 12.3. The number of nitrogens with zero attached hydrogens (tertiary/aromatic N) is 1. The molecule has 1 aliphatic heterocycles. The summed E-state index contributed by atoms with van der Waals surface area (Å²) in [6.45, 7) is 9.87. The lowest BCUT2D eigenvalue weighted by molar-refractivity contribution is -0.145. The minimum atomic E-state index is -0.376. The molecule has 26 heavy (non-hydrogen) atoms. The molecule has 1 aromatic rings. The Balaban J connectivity index is 1.61. The number of rotatable bonds is 6. The van der Waals surface area contributed by atoms with E-state index in [-0.39, 0.29) is 23.2 Å². The average molecular weight is 358 g/mol. The van der Waals surface area contributed by atoms with Crippen LogP contribution in [0.3, 0.4) is 0 Å². The van der Waals surface area contributed by atoms with Gasteiger partial charge in [-0.2, -0.15) is 0 Å². The predicted molar refractivity (Wildman–Crippen MR) is 101 cm³/mol. The smallest absolute Gasteiger partial charge is 0.309 e. The van der Waals surface area contributed by atoms with E-state index in [0.717, 1.165) is 32.5 Å². The molecular formula is C21H30N2O3. The number of likely N-dealkylation sites (tertiary alicyclic amines) is 1. The topological polar surface area (TPSA) is 72.6 Å². The van der Waals surface area contributed by atoms with Gasteiger partial charge in [0.1, 0.15) is 0 Å². The number of ether oxygens (including phenoxy) is 1. The molecule has 1 saturated carbocycles. The van der Waals surface area contributed by atoms with Gasteiger partial charge in [0.25, 0.3) is 0 Å². The number of piperidine rings is 1. The standard InChI is InChI=1S/C21H30N2O3/c1-4-26-20(25)18-11-16(18)13-23-9-8-21(3,14(2)12-23)17-7-5-6-15(10-17)19(22)24/h5-7,10,14,16,18H,4,8-9,11-13H2,1-3H3,(H2,22,24)/t14?,16?,18?,21-/m1/s1. The van der Waals surface area contributed by atoms with Crippen molar-refractivity contribution in [3.05, 3.63) is 35.4 Å². The number of nitrogens with two attached hydrogens (primary N) is 1. The highest BCUT2D eigenvalue weighted by molar-refractivity contribution is 5.92.